The van der Waals surface area contributed by atoms with E-state index in [0.29, 0.717) is 11.5 Å². The number of halogens is 1. The smallest absolute Gasteiger partial charge is 0.194 e. The van der Waals surface area contributed by atoms with Crippen LogP contribution in [0.2, 0.25) is 0 Å². The highest BCUT2D eigenvalue weighted by molar-refractivity contribution is 5.31. The minimum Gasteiger partial charge on any atom is -0.486 e. The van der Waals surface area contributed by atoms with Crippen LogP contribution >= 0.6 is 0 Å². The van der Waals surface area contributed by atoms with Gasteiger partial charge in [0.2, 0.25) is 0 Å². The normalized spacial score (nSPS) is 10.4. The van der Waals surface area contributed by atoms with Gasteiger partial charge in [-0.3, -0.25) is 0 Å². The number of para-hydroxylation sites is 1. The standard InChI is InChI=1S/C14H11FN4O/c15-11-6-8-12(9-7-11)19-14(16-17-18-19)10-20-13-4-2-1-3-5-13/h1-9H,10H2. The molecular weight excluding hydrogens is 259 g/mol. The zero-order valence-electron chi connectivity index (χ0n) is 10.5. The number of tetrazole rings is 1. The van der Waals surface area contributed by atoms with E-state index in [4.69, 9.17) is 4.74 Å². The SMILES string of the molecule is Fc1ccc(-n2nnnc2COc2ccccc2)cc1. The Morgan fingerprint density at radius 2 is 1.75 bits per heavy atom. The van der Waals surface area contributed by atoms with Crippen LogP contribution in [-0.4, -0.2) is 20.2 Å². The van der Waals surface area contributed by atoms with Crippen molar-refractivity contribution in [2.75, 3.05) is 0 Å². The molecule has 0 unspecified atom stereocenters. The van der Waals surface area contributed by atoms with Crippen molar-refractivity contribution in [2.24, 2.45) is 0 Å². The first-order valence-electron chi connectivity index (χ1n) is 6.04. The molecule has 0 N–H and O–H groups in total. The lowest BCUT2D eigenvalue weighted by molar-refractivity contribution is 0.292. The molecule has 1 heterocycles. The van der Waals surface area contributed by atoms with Gasteiger partial charge in [0.25, 0.3) is 0 Å². The van der Waals surface area contributed by atoms with Crippen molar-refractivity contribution in [2.45, 2.75) is 6.61 Å². The molecule has 0 spiro atoms. The molecule has 0 radical (unpaired) electrons. The van der Waals surface area contributed by atoms with Crippen molar-refractivity contribution in [3.05, 3.63) is 66.2 Å². The lowest BCUT2D eigenvalue weighted by atomic mass is 10.3. The second-order valence-corrected chi connectivity index (χ2v) is 4.09. The van der Waals surface area contributed by atoms with Gasteiger partial charge < -0.3 is 4.74 Å². The molecule has 100 valence electrons. The van der Waals surface area contributed by atoms with E-state index in [0.717, 1.165) is 5.75 Å². The number of benzene rings is 2. The first kappa shape index (κ1) is 12.3. The van der Waals surface area contributed by atoms with Gasteiger partial charge in [0.1, 0.15) is 18.2 Å². The Morgan fingerprint density at radius 1 is 1.00 bits per heavy atom. The molecular formula is C14H11FN4O. The van der Waals surface area contributed by atoms with E-state index < -0.39 is 0 Å². The van der Waals surface area contributed by atoms with Gasteiger partial charge in [-0.1, -0.05) is 18.2 Å². The molecule has 0 amide bonds. The molecule has 0 aliphatic carbocycles. The van der Waals surface area contributed by atoms with Crippen molar-refractivity contribution in [1.82, 2.24) is 20.2 Å². The number of ether oxygens (including phenoxy) is 1. The first-order valence-corrected chi connectivity index (χ1v) is 6.04. The van der Waals surface area contributed by atoms with Crippen LogP contribution < -0.4 is 4.74 Å². The fourth-order valence-electron chi connectivity index (χ4n) is 1.74. The summed E-state index contributed by atoms with van der Waals surface area (Å²) < 4.78 is 20.0. The maximum absolute atomic E-state index is 12.9. The van der Waals surface area contributed by atoms with Gasteiger partial charge in [-0.05, 0) is 46.8 Å². The van der Waals surface area contributed by atoms with Gasteiger partial charge in [-0.15, -0.1) is 5.10 Å². The van der Waals surface area contributed by atoms with Crippen molar-refractivity contribution < 1.29 is 9.13 Å². The Kier molecular flexibility index (Phi) is 3.36. The zero-order chi connectivity index (χ0) is 13.8. The molecule has 0 saturated carbocycles. The van der Waals surface area contributed by atoms with E-state index >= 15 is 0 Å². The van der Waals surface area contributed by atoms with E-state index in [9.17, 15) is 4.39 Å². The number of hydrogen-bond acceptors (Lipinski definition) is 4. The highest BCUT2D eigenvalue weighted by Crippen LogP contribution is 2.13. The van der Waals surface area contributed by atoms with Gasteiger partial charge in [-0.25, -0.2) is 4.39 Å². The molecule has 0 aliphatic rings. The fraction of sp³-hybridized carbons (Fsp3) is 0.0714. The molecule has 5 nitrogen and oxygen atoms in total. The van der Waals surface area contributed by atoms with E-state index in [1.54, 1.807) is 12.1 Å². The Balaban J connectivity index is 1.78. The average molecular weight is 270 g/mol. The van der Waals surface area contributed by atoms with Crippen LogP contribution in [0, 0.1) is 5.82 Å². The van der Waals surface area contributed by atoms with Gasteiger partial charge in [0.05, 0.1) is 5.69 Å². The zero-order valence-corrected chi connectivity index (χ0v) is 10.5. The summed E-state index contributed by atoms with van der Waals surface area (Å²) >= 11 is 0. The van der Waals surface area contributed by atoms with Crippen LogP contribution in [0.1, 0.15) is 5.82 Å². The number of rotatable bonds is 4. The average Bonchev–Trinajstić information content (AvgIpc) is 2.95. The molecule has 1 aromatic heterocycles. The molecule has 0 bridgehead atoms. The van der Waals surface area contributed by atoms with Gasteiger partial charge in [0.15, 0.2) is 5.82 Å². The number of aromatic nitrogens is 4. The van der Waals surface area contributed by atoms with Crippen LogP contribution in [0.15, 0.2) is 54.6 Å². The summed E-state index contributed by atoms with van der Waals surface area (Å²) in [7, 11) is 0. The number of hydrogen-bond donors (Lipinski definition) is 0. The molecule has 0 atom stereocenters. The molecule has 20 heavy (non-hydrogen) atoms. The highest BCUT2D eigenvalue weighted by atomic mass is 19.1. The molecule has 6 heteroatoms. The van der Waals surface area contributed by atoms with Crippen molar-refractivity contribution >= 4 is 0 Å². The Bertz CT molecular complexity index is 682. The Morgan fingerprint density at radius 3 is 2.50 bits per heavy atom. The summed E-state index contributed by atoms with van der Waals surface area (Å²) in [6, 6.07) is 15.3. The maximum atomic E-state index is 12.9. The lowest BCUT2D eigenvalue weighted by Crippen LogP contribution is -2.06. The van der Waals surface area contributed by atoms with Crippen LogP contribution in [0.4, 0.5) is 4.39 Å². The fourth-order valence-corrected chi connectivity index (χ4v) is 1.74. The molecule has 0 aliphatic heterocycles. The van der Waals surface area contributed by atoms with E-state index in [1.165, 1.54) is 16.8 Å². The summed E-state index contributed by atoms with van der Waals surface area (Å²) in [6.07, 6.45) is 0. The lowest BCUT2D eigenvalue weighted by Gasteiger charge is -2.06. The van der Waals surface area contributed by atoms with Gasteiger partial charge in [-0.2, -0.15) is 4.68 Å². The Hall–Kier alpha value is -2.76. The summed E-state index contributed by atoms with van der Waals surface area (Å²) in [6.45, 7) is 0.231. The minimum atomic E-state index is -0.302. The predicted octanol–water partition coefficient (Wildman–Crippen LogP) is 2.38. The second-order valence-electron chi connectivity index (χ2n) is 4.09. The topological polar surface area (TPSA) is 52.8 Å². The first-order chi connectivity index (χ1) is 9.83. The third kappa shape index (κ3) is 2.64. The van der Waals surface area contributed by atoms with E-state index in [1.807, 2.05) is 30.3 Å². The molecule has 3 aromatic rings. The summed E-state index contributed by atoms with van der Waals surface area (Å²) in [4.78, 5) is 0. The van der Waals surface area contributed by atoms with Crippen LogP contribution in [-0.2, 0) is 6.61 Å². The highest BCUT2D eigenvalue weighted by Gasteiger charge is 2.09. The van der Waals surface area contributed by atoms with Crippen LogP contribution in [0.3, 0.4) is 0 Å². The summed E-state index contributed by atoms with van der Waals surface area (Å²) in [5.41, 5.74) is 0.683. The quantitative estimate of drug-likeness (QED) is 0.730. The van der Waals surface area contributed by atoms with Crippen molar-refractivity contribution in [3.63, 3.8) is 0 Å². The molecule has 2 aromatic carbocycles. The monoisotopic (exact) mass is 270 g/mol. The van der Waals surface area contributed by atoms with Crippen LogP contribution in [0.25, 0.3) is 5.69 Å². The van der Waals surface area contributed by atoms with E-state index in [-0.39, 0.29) is 12.4 Å². The van der Waals surface area contributed by atoms with Gasteiger partial charge in [0, 0.05) is 0 Å². The van der Waals surface area contributed by atoms with E-state index in [2.05, 4.69) is 15.5 Å². The maximum Gasteiger partial charge on any atom is 0.194 e. The third-order valence-corrected chi connectivity index (χ3v) is 2.72. The summed E-state index contributed by atoms with van der Waals surface area (Å²) in [5, 5.41) is 11.4. The van der Waals surface area contributed by atoms with Gasteiger partial charge >= 0.3 is 0 Å². The summed E-state index contributed by atoms with van der Waals surface area (Å²) in [5.74, 6) is 0.977. The minimum absolute atomic E-state index is 0.231. The van der Waals surface area contributed by atoms with Crippen LogP contribution in [0.5, 0.6) is 5.75 Å². The van der Waals surface area contributed by atoms with Crippen molar-refractivity contribution in [1.29, 1.82) is 0 Å². The predicted molar refractivity (Wildman–Crippen MR) is 69.9 cm³/mol. The van der Waals surface area contributed by atoms with Crippen molar-refractivity contribution in [3.8, 4) is 11.4 Å². The number of nitrogens with zero attached hydrogens (tertiary/aromatic N) is 4. The molecule has 0 saturated heterocycles. The second kappa shape index (κ2) is 5.48. The largest absolute Gasteiger partial charge is 0.486 e. The Labute approximate surface area is 114 Å². The molecule has 3 rings (SSSR count). The third-order valence-electron chi connectivity index (χ3n) is 2.72. The molecule has 0 fully saturated rings.